The van der Waals surface area contributed by atoms with Gasteiger partial charge in [-0.05, 0) is 24.1 Å². The summed E-state index contributed by atoms with van der Waals surface area (Å²) in [4.78, 5) is 18.3. The fourth-order valence-corrected chi connectivity index (χ4v) is 1.95. The molecule has 1 aromatic carbocycles. The first-order valence-corrected chi connectivity index (χ1v) is 6.76. The molecule has 2 aromatic rings. The largest absolute Gasteiger partial charge is 0.337 e. The van der Waals surface area contributed by atoms with Crippen molar-refractivity contribution in [2.45, 2.75) is 32.7 Å². The van der Waals surface area contributed by atoms with Crippen LogP contribution in [-0.4, -0.2) is 21.9 Å². The number of carbonyl (C=O) groups is 1. The van der Waals surface area contributed by atoms with Gasteiger partial charge in [-0.2, -0.15) is 0 Å². The highest BCUT2D eigenvalue weighted by atomic mass is 35.5. The third-order valence-corrected chi connectivity index (χ3v) is 3.53. The van der Waals surface area contributed by atoms with Crippen molar-refractivity contribution in [3.05, 3.63) is 24.0 Å². The summed E-state index contributed by atoms with van der Waals surface area (Å²) in [6.45, 7) is 3.86. The van der Waals surface area contributed by atoms with Gasteiger partial charge < -0.3 is 16.0 Å². The molecule has 1 heterocycles. The molecule has 0 saturated carbocycles. The van der Waals surface area contributed by atoms with E-state index < -0.39 is 12.5 Å². The first-order valence-electron chi connectivity index (χ1n) is 6.76. The van der Waals surface area contributed by atoms with E-state index >= 15 is 0 Å². The van der Waals surface area contributed by atoms with Crippen LogP contribution in [-0.2, 0) is 4.79 Å². The number of amides is 1. The molecule has 0 aliphatic carbocycles. The van der Waals surface area contributed by atoms with Crippen molar-refractivity contribution in [3.8, 4) is 0 Å². The summed E-state index contributed by atoms with van der Waals surface area (Å²) in [7, 11) is 0. The van der Waals surface area contributed by atoms with Gasteiger partial charge in [-0.1, -0.05) is 20.3 Å². The summed E-state index contributed by atoms with van der Waals surface area (Å²) in [5.41, 5.74) is 7.21. The fourth-order valence-electron chi connectivity index (χ4n) is 1.95. The standard InChI is InChI=1S/C14H18F2N4O.ClH/c1-3-7(2)11(17)14(21)18-8-4-5-9-10(6-8)20-13(19-9)12(15)16;/h4-7,11-12H,3,17H2,1-2H3,(H,18,21)(H,19,20);1H. The Bertz CT molecular complexity index is 647. The first-order chi connectivity index (χ1) is 9.92. The topological polar surface area (TPSA) is 83.8 Å². The molecule has 1 amide bonds. The van der Waals surface area contributed by atoms with Gasteiger partial charge in [0.1, 0.15) is 0 Å². The van der Waals surface area contributed by atoms with Crippen molar-refractivity contribution in [1.29, 1.82) is 0 Å². The Morgan fingerprint density at radius 2 is 2.14 bits per heavy atom. The number of anilines is 1. The molecule has 5 nitrogen and oxygen atoms in total. The lowest BCUT2D eigenvalue weighted by Gasteiger charge is -2.17. The van der Waals surface area contributed by atoms with Crippen LogP contribution in [0.3, 0.4) is 0 Å². The average molecular weight is 333 g/mol. The van der Waals surface area contributed by atoms with E-state index in [-0.39, 0.29) is 30.1 Å². The number of nitrogens with zero attached hydrogens (tertiary/aromatic N) is 1. The first kappa shape index (κ1) is 18.3. The van der Waals surface area contributed by atoms with E-state index in [1.165, 1.54) is 0 Å². The average Bonchev–Trinajstić information content (AvgIpc) is 2.89. The van der Waals surface area contributed by atoms with Crippen LogP contribution in [0.2, 0.25) is 0 Å². The van der Waals surface area contributed by atoms with E-state index in [4.69, 9.17) is 5.73 Å². The number of imidazole rings is 1. The minimum absolute atomic E-state index is 0. The molecule has 0 bridgehead atoms. The molecule has 2 unspecified atom stereocenters. The number of alkyl halides is 2. The van der Waals surface area contributed by atoms with Gasteiger partial charge in [0.15, 0.2) is 5.82 Å². The van der Waals surface area contributed by atoms with E-state index in [1.54, 1.807) is 18.2 Å². The smallest absolute Gasteiger partial charge is 0.295 e. The number of fused-ring (bicyclic) bond motifs is 1. The number of aromatic amines is 1. The summed E-state index contributed by atoms with van der Waals surface area (Å²) in [6.07, 6.45) is -1.86. The Labute approximate surface area is 133 Å². The van der Waals surface area contributed by atoms with Crippen molar-refractivity contribution in [2.24, 2.45) is 11.7 Å². The van der Waals surface area contributed by atoms with Crippen molar-refractivity contribution < 1.29 is 13.6 Å². The Hall–Kier alpha value is -1.73. The molecule has 0 saturated heterocycles. The molecule has 0 fully saturated rings. The zero-order chi connectivity index (χ0) is 15.6. The predicted molar refractivity (Wildman–Crippen MR) is 84.4 cm³/mol. The van der Waals surface area contributed by atoms with Crippen LogP contribution in [0.1, 0.15) is 32.5 Å². The highest BCUT2D eigenvalue weighted by Crippen LogP contribution is 2.22. The van der Waals surface area contributed by atoms with Gasteiger partial charge in [-0.15, -0.1) is 12.4 Å². The maximum absolute atomic E-state index is 12.6. The second-order valence-corrected chi connectivity index (χ2v) is 5.06. The van der Waals surface area contributed by atoms with Gasteiger partial charge in [0.05, 0.1) is 17.1 Å². The molecule has 4 N–H and O–H groups in total. The molecule has 122 valence electrons. The van der Waals surface area contributed by atoms with Gasteiger partial charge in [-0.3, -0.25) is 4.79 Å². The fraction of sp³-hybridized carbons (Fsp3) is 0.429. The monoisotopic (exact) mass is 332 g/mol. The van der Waals surface area contributed by atoms with Crippen LogP contribution >= 0.6 is 12.4 Å². The van der Waals surface area contributed by atoms with Crippen LogP contribution in [0.5, 0.6) is 0 Å². The van der Waals surface area contributed by atoms with Crippen LogP contribution in [0.25, 0.3) is 11.0 Å². The summed E-state index contributed by atoms with van der Waals surface area (Å²) in [5, 5.41) is 2.69. The molecule has 2 atom stereocenters. The molecule has 0 spiro atoms. The van der Waals surface area contributed by atoms with Crippen molar-refractivity contribution in [2.75, 3.05) is 5.32 Å². The highest BCUT2D eigenvalue weighted by Gasteiger charge is 2.20. The number of halogens is 3. The van der Waals surface area contributed by atoms with Gasteiger partial charge in [0, 0.05) is 5.69 Å². The Balaban J connectivity index is 0.00000242. The molecule has 2 rings (SSSR count). The lowest BCUT2D eigenvalue weighted by atomic mass is 9.99. The zero-order valence-corrected chi connectivity index (χ0v) is 13.1. The van der Waals surface area contributed by atoms with E-state index in [0.29, 0.717) is 16.7 Å². The normalized spacial score (nSPS) is 13.7. The predicted octanol–water partition coefficient (Wildman–Crippen LogP) is 3.23. The number of aromatic nitrogens is 2. The maximum atomic E-state index is 12.6. The van der Waals surface area contributed by atoms with Gasteiger partial charge in [0.2, 0.25) is 5.91 Å². The van der Waals surface area contributed by atoms with Crippen molar-refractivity contribution >= 4 is 35.0 Å². The highest BCUT2D eigenvalue weighted by molar-refractivity contribution is 5.96. The molecule has 1 aromatic heterocycles. The summed E-state index contributed by atoms with van der Waals surface area (Å²) in [6, 6.07) is 4.14. The number of hydrogen-bond donors (Lipinski definition) is 3. The zero-order valence-electron chi connectivity index (χ0n) is 12.3. The Morgan fingerprint density at radius 1 is 1.45 bits per heavy atom. The number of hydrogen-bond acceptors (Lipinski definition) is 3. The lowest BCUT2D eigenvalue weighted by Crippen LogP contribution is -2.40. The van der Waals surface area contributed by atoms with E-state index in [9.17, 15) is 13.6 Å². The van der Waals surface area contributed by atoms with Gasteiger partial charge in [0.25, 0.3) is 6.43 Å². The number of carbonyl (C=O) groups excluding carboxylic acids is 1. The minimum atomic E-state index is -2.66. The number of H-pyrrole nitrogens is 1. The van der Waals surface area contributed by atoms with E-state index in [2.05, 4.69) is 15.3 Å². The van der Waals surface area contributed by atoms with Crippen molar-refractivity contribution in [3.63, 3.8) is 0 Å². The third kappa shape index (κ3) is 3.92. The lowest BCUT2D eigenvalue weighted by molar-refractivity contribution is -0.118. The molecular formula is C14H19ClF2N4O. The summed E-state index contributed by atoms with van der Waals surface area (Å²) in [5.74, 6) is -0.617. The molecule has 8 heteroatoms. The Kier molecular flexibility index (Phi) is 6.25. The van der Waals surface area contributed by atoms with Crippen LogP contribution in [0, 0.1) is 5.92 Å². The van der Waals surface area contributed by atoms with E-state index in [0.717, 1.165) is 6.42 Å². The summed E-state index contributed by atoms with van der Waals surface area (Å²) < 4.78 is 25.1. The number of nitrogens with one attached hydrogen (secondary N) is 2. The number of nitrogens with two attached hydrogens (primary N) is 1. The van der Waals surface area contributed by atoms with Gasteiger partial charge in [-0.25, -0.2) is 13.8 Å². The summed E-state index contributed by atoms with van der Waals surface area (Å²) >= 11 is 0. The molecule has 0 aliphatic heterocycles. The van der Waals surface area contributed by atoms with E-state index in [1.807, 2.05) is 13.8 Å². The van der Waals surface area contributed by atoms with Crippen molar-refractivity contribution in [1.82, 2.24) is 9.97 Å². The third-order valence-electron chi connectivity index (χ3n) is 3.53. The molecular weight excluding hydrogens is 314 g/mol. The van der Waals surface area contributed by atoms with Crippen LogP contribution in [0.4, 0.5) is 14.5 Å². The number of benzene rings is 1. The Morgan fingerprint density at radius 3 is 2.73 bits per heavy atom. The number of rotatable bonds is 5. The molecule has 0 aliphatic rings. The van der Waals surface area contributed by atoms with Crippen LogP contribution in [0.15, 0.2) is 18.2 Å². The second kappa shape index (κ2) is 7.51. The SMILES string of the molecule is CCC(C)C(N)C(=O)Nc1ccc2nc(C(F)F)[nH]c2c1.Cl. The molecule has 22 heavy (non-hydrogen) atoms. The van der Waals surface area contributed by atoms with Crippen LogP contribution < -0.4 is 11.1 Å². The second-order valence-electron chi connectivity index (χ2n) is 5.06. The maximum Gasteiger partial charge on any atom is 0.295 e. The quantitative estimate of drug-likeness (QED) is 0.786. The van der Waals surface area contributed by atoms with Gasteiger partial charge >= 0.3 is 0 Å². The molecule has 0 radical (unpaired) electrons. The minimum Gasteiger partial charge on any atom is -0.337 e.